The molecular formula is C17H22ClN3. The molecule has 0 saturated carbocycles. The molecule has 0 aliphatic heterocycles. The number of hydrogen-bond donors (Lipinski definition) is 1. The van der Waals surface area contributed by atoms with Crippen molar-refractivity contribution in [2.45, 2.75) is 26.4 Å². The molecule has 0 saturated heterocycles. The second-order valence-corrected chi connectivity index (χ2v) is 5.79. The average molecular weight is 304 g/mol. The van der Waals surface area contributed by atoms with E-state index in [9.17, 15) is 0 Å². The lowest BCUT2D eigenvalue weighted by atomic mass is 10.1. The lowest BCUT2D eigenvalue weighted by Crippen LogP contribution is -2.23. The number of anilines is 1. The van der Waals surface area contributed by atoms with Crippen molar-refractivity contribution in [3.05, 3.63) is 58.2 Å². The third-order valence-corrected chi connectivity index (χ3v) is 3.97. The Balaban J connectivity index is 2.25. The molecule has 0 aliphatic carbocycles. The van der Waals surface area contributed by atoms with E-state index in [2.05, 4.69) is 48.2 Å². The van der Waals surface area contributed by atoms with Gasteiger partial charge in [-0.1, -0.05) is 23.7 Å². The number of rotatable bonds is 5. The molecule has 4 heteroatoms. The maximum absolute atomic E-state index is 6.09. The summed E-state index contributed by atoms with van der Waals surface area (Å²) in [6.45, 7) is 5.10. The molecule has 0 radical (unpaired) electrons. The van der Waals surface area contributed by atoms with E-state index < -0.39 is 0 Å². The van der Waals surface area contributed by atoms with Gasteiger partial charge in [-0.3, -0.25) is 0 Å². The number of pyridine rings is 1. The van der Waals surface area contributed by atoms with Crippen molar-refractivity contribution in [2.24, 2.45) is 0 Å². The molecule has 1 aromatic heterocycles. The van der Waals surface area contributed by atoms with E-state index in [0.29, 0.717) is 0 Å². The first kappa shape index (κ1) is 15.8. The molecule has 1 aromatic carbocycles. The largest absolute Gasteiger partial charge is 0.353 e. The van der Waals surface area contributed by atoms with Crippen molar-refractivity contribution in [3.63, 3.8) is 0 Å². The average Bonchev–Trinajstić information content (AvgIpc) is 2.46. The molecule has 0 aliphatic rings. The van der Waals surface area contributed by atoms with Gasteiger partial charge >= 0.3 is 0 Å². The number of aromatic nitrogens is 1. The van der Waals surface area contributed by atoms with E-state index in [1.165, 1.54) is 16.7 Å². The minimum atomic E-state index is 0.213. The van der Waals surface area contributed by atoms with Gasteiger partial charge in [-0.25, -0.2) is 4.98 Å². The first-order valence-electron chi connectivity index (χ1n) is 7.11. The van der Waals surface area contributed by atoms with E-state index in [1.807, 2.05) is 31.4 Å². The smallest absolute Gasteiger partial charge is 0.131 e. The Labute approximate surface area is 132 Å². The summed E-state index contributed by atoms with van der Waals surface area (Å²) in [5.74, 6) is 1.00. The minimum Gasteiger partial charge on any atom is -0.353 e. The van der Waals surface area contributed by atoms with Crippen molar-refractivity contribution in [3.8, 4) is 0 Å². The van der Waals surface area contributed by atoms with Gasteiger partial charge in [0, 0.05) is 24.8 Å². The van der Waals surface area contributed by atoms with Crippen LogP contribution in [0.5, 0.6) is 0 Å². The molecule has 112 valence electrons. The summed E-state index contributed by atoms with van der Waals surface area (Å²) >= 11 is 6.09. The maximum atomic E-state index is 6.09. The fourth-order valence-electron chi connectivity index (χ4n) is 2.47. The van der Waals surface area contributed by atoms with Gasteiger partial charge in [-0.05, 0) is 55.8 Å². The lowest BCUT2D eigenvalue weighted by Gasteiger charge is -2.28. The van der Waals surface area contributed by atoms with Crippen molar-refractivity contribution in [1.29, 1.82) is 0 Å². The summed E-state index contributed by atoms with van der Waals surface area (Å²) in [5.41, 5.74) is 3.56. The van der Waals surface area contributed by atoms with Crippen LogP contribution in [0, 0.1) is 6.92 Å². The molecule has 21 heavy (non-hydrogen) atoms. The van der Waals surface area contributed by atoms with Crippen LogP contribution < -0.4 is 10.2 Å². The number of nitrogens with zero attached hydrogens (tertiary/aromatic N) is 2. The first-order chi connectivity index (χ1) is 10.0. The van der Waals surface area contributed by atoms with E-state index in [1.54, 1.807) is 0 Å². The van der Waals surface area contributed by atoms with Gasteiger partial charge in [-0.2, -0.15) is 0 Å². The van der Waals surface area contributed by atoms with Gasteiger partial charge in [0.2, 0.25) is 0 Å². The number of halogens is 1. The Hall–Kier alpha value is -1.58. The highest BCUT2D eigenvalue weighted by atomic mass is 35.5. The second kappa shape index (κ2) is 6.92. The van der Waals surface area contributed by atoms with Gasteiger partial charge in [-0.15, -0.1) is 0 Å². The van der Waals surface area contributed by atoms with Crippen molar-refractivity contribution < 1.29 is 0 Å². The highest BCUT2D eigenvalue weighted by Gasteiger charge is 2.15. The molecule has 0 bridgehead atoms. The second-order valence-electron chi connectivity index (χ2n) is 5.36. The summed E-state index contributed by atoms with van der Waals surface area (Å²) in [7, 11) is 4.01. The molecular weight excluding hydrogens is 282 g/mol. The highest BCUT2D eigenvalue weighted by molar-refractivity contribution is 6.30. The third kappa shape index (κ3) is 3.74. The lowest BCUT2D eigenvalue weighted by molar-refractivity contribution is 0.723. The predicted octanol–water partition coefficient (Wildman–Crippen LogP) is 3.96. The zero-order valence-corrected chi connectivity index (χ0v) is 13.8. The normalized spacial score (nSPS) is 12.2. The summed E-state index contributed by atoms with van der Waals surface area (Å²) in [6, 6.07) is 10.4. The van der Waals surface area contributed by atoms with E-state index in [4.69, 9.17) is 11.6 Å². The molecule has 3 nitrogen and oxygen atoms in total. The Morgan fingerprint density at radius 1 is 1.33 bits per heavy atom. The van der Waals surface area contributed by atoms with Crippen molar-refractivity contribution >= 4 is 17.4 Å². The molecule has 2 aromatic rings. The van der Waals surface area contributed by atoms with Crippen LogP contribution in [0.2, 0.25) is 5.02 Å². The molecule has 1 unspecified atom stereocenters. The van der Waals surface area contributed by atoms with E-state index >= 15 is 0 Å². The van der Waals surface area contributed by atoms with Crippen LogP contribution >= 0.6 is 11.6 Å². The van der Waals surface area contributed by atoms with Gasteiger partial charge in [0.05, 0.1) is 6.04 Å². The zero-order valence-electron chi connectivity index (χ0n) is 13.0. The Kier molecular flexibility index (Phi) is 5.21. The quantitative estimate of drug-likeness (QED) is 0.906. The summed E-state index contributed by atoms with van der Waals surface area (Å²) in [4.78, 5) is 6.80. The molecule has 0 amide bonds. The monoisotopic (exact) mass is 303 g/mol. The Bertz CT molecular complexity index is 613. The van der Waals surface area contributed by atoms with Crippen LogP contribution in [0.15, 0.2) is 36.5 Å². The number of benzene rings is 1. The summed E-state index contributed by atoms with van der Waals surface area (Å²) in [5, 5.41) is 3.91. The fraction of sp³-hybridized carbons (Fsp3) is 0.353. The van der Waals surface area contributed by atoms with Crippen LogP contribution in [0.3, 0.4) is 0 Å². The highest BCUT2D eigenvalue weighted by Crippen LogP contribution is 2.27. The molecule has 1 N–H and O–H groups in total. The Morgan fingerprint density at radius 3 is 2.71 bits per heavy atom. The summed E-state index contributed by atoms with van der Waals surface area (Å²) in [6.07, 6.45) is 1.93. The number of aryl methyl sites for hydroxylation is 1. The zero-order chi connectivity index (χ0) is 15.4. The first-order valence-corrected chi connectivity index (χ1v) is 7.49. The van der Waals surface area contributed by atoms with Gasteiger partial charge < -0.3 is 10.2 Å². The maximum Gasteiger partial charge on any atom is 0.131 e. The van der Waals surface area contributed by atoms with Crippen molar-refractivity contribution in [2.75, 3.05) is 19.0 Å². The fourth-order valence-corrected chi connectivity index (χ4v) is 2.67. The van der Waals surface area contributed by atoms with Crippen molar-refractivity contribution in [1.82, 2.24) is 10.3 Å². The molecule has 2 rings (SSSR count). The van der Waals surface area contributed by atoms with Crippen LogP contribution in [-0.4, -0.2) is 19.1 Å². The summed E-state index contributed by atoms with van der Waals surface area (Å²) < 4.78 is 0. The van der Waals surface area contributed by atoms with Crippen LogP contribution in [-0.2, 0) is 6.54 Å². The van der Waals surface area contributed by atoms with E-state index in [0.717, 1.165) is 17.4 Å². The van der Waals surface area contributed by atoms with Gasteiger partial charge in [0.25, 0.3) is 0 Å². The number of hydrogen-bond acceptors (Lipinski definition) is 3. The van der Waals surface area contributed by atoms with Gasteiger partial charge in [0.1, 0.15) is 5.82 Å². The molecule has 0 fully saturated rings. The topological polar surface area (TPSA) is 28.2 Å². The Morgan fingerprint density at radius 2 is 2.10 bits per heavy atom. The predicted molar refractivity (Wildman–Crippen MR) is 90.0 cm³/mol. The molecule has 1 heterocycles. The minimum absolute atomic E-state index is 0.213. The van der Waals surface area contributed by atoms with Crippen LogP contribution in [0.4, 0.5) is 5.82 Å². The van der Waals surface area contributed by atoms with Gasteiger partial charge in [0.15, 0.2) is 0 Å². The SMILES string of the molecule is CNCc1cnc(N(C)C(C)c2cccc(Cl)c2)c(C)c1. The number of nitrogens with one attached hydrogen (secondary N) is 1. The van der Waals surface area contributed by atoms with Crippen LogP contribution in [0.25, 0.3) is 0 Å². The molecule has 1 atom stereocenters. The standard InChI is InChI=1S/C17H22ClN3/c1-12-8-14(10-19-3)11-20-17(12)21(4)13(2)15-6-5-7-16(18)9-15/h5-9,11,13,19H,10H2,1-4H3. The van der Waals surface area contributed by atoms with Crippen LogP contribution in [0.1, 0.15) is 29.7 Å². The third-order valence-electron chi connectivity index (χ3n) is 3.73. The van der Waals surface area contributed by atoms with E-state index in [-0.39, 0.29) is 6.04 Å². The molecule has 0 spiro atoms.